The molecule has 0 fully saturated rings. The maximum absolute atomic E-state index is 11.9. The number of allylic oxidation sites excluding steroid dienone is 1. The number of hydrogen-bond acceptors (Lipinski definition) is 3. The summed E-state index contributed by atoms with van der Waals surface area (Å²) in [5, 5.41) is 0. The van der Waals surface area contributed by atoms with Crippen LogP contribution >= 0.6 is 0 Å². The third kappa shape index (κ3) is 1.77. The van der Waals surface area contributed by atoms with Gasteiger partial charge in [-0.05, 0) is 29.8 Å². The van der Waals surface area contributed by atoms with Crippen LogP contribution < -0.4 is 9.80 Å². The molecule has 1 unspecified atom stereocenters. The molecule has 4 rings (SSSR count). The number of fused-ring (bicyclic) bond motifs is 5. The van der Waals surface area contributed by atoms with Crippen molar-refractivity contribution >= 4 is 22.8 Å². The molecule has 0 bridgehead atoms. The summed E-state index contributed by atoms with van der Waals surface area (Å²) in [6.45, 7) is 0. The van der Waals surface area contributed by atoms with Gasteiger partial charge in [0.25, 0.3) is 0 Å². The summed E-state index contributed by atoms with van der Waals surface area (Å²) < 4.78 is 0. The number of benzene rings is 2. The van der Waals surface area contributed by atoms with Crippen LogP contribution in [0.2, 0.25) is 0 Å². The first-order chi connectivity index (χ1) is 10.3. The van der Waals surface area contributed by atoms with E-state index in [0.717, 1.165) is 11.4 Å². The summed E-state index contributed by atoms with van der Waals surface area (Å²) in [6.07, 6.45) is 4.13. The predicted octanol–water partition coefficient (Wildman–Crippen LogP) is 3.80. The number of rotatable bonds is 0. The van der Waals surface area contributed by atoms with Crippen LogP contribution in [0, 0.1) is 0 Å². The molecule has 3 nitrogen and oxygen atoms in total. The maximum atomic E-state index is 11.9. The van der Waals surface area contributed by atoms with E-state index in [4.69, 9.17) is 0 Å². The average molecular weight is 276 g/mol. The highest BCUT2D eigenvalue weighted by Crippen LogP contribution is 2.46. The molecule has 0 radical (unpaired) electrons. The van der Waals surface area contributed by atoms with E-state index in [0.29, 0.717) is 6.42 Å². The van der Waals surface area contributed by atoms with Gasteiger partial charge in [0.05, 0.1) is 17.4 Å². The maximum Gasteiger partial charge on any atom is 0.159 e. The topological polar surface area (TPSA) is 23.6 Å². The molecule has 0 N–H and O–H groups in total. The first kappa shape index (κ1) is 12.2. The average Bonchev–Trinajstić information content (AvgIpc) is 2.63. The SMILES string of the molecule is CN1c2ccccc2C2CC(=O)C=CN2c2ccccc21. The van der Waals surface area contributed by atoms with Gasteiger partial charge in [0.2, 0.25) is 0 Å². The highest BCUT2D eigenvalue weighted by molar-refractivity contribution is 5.94. The highest BCUT2D eigenvalue weighted by Gasteiger charge is 2.32. The van der Waals surface area contributed by atoms with Gasteiger partial charge in [-0.15, -0.1) is 0 Å². The zero-order valence-corrected chi connectivity index (χ0v) is 11.9. The van der Waals surface area contributed by atoms with Crippen molar-refractivity contribution in [1.82, 2.24) is 0 Å². The second-order valence-electron chi connectivity index (χ2n) is 5.52. The van der Waals surface area contributed by atoms with Crippen LogP contribution in [-0.2, 0) is 4.79 Å². The van der Waals surface area contributed by atoms with Gasteiger partial charge in [-0.1, -0.05) is 30.3 Å². The summed E-state index contributed by atoms with van der Waals surface area (Å²) in [4.78, 5) is 16.3. The summed E-state index contributed by atoms with van der Waals surface area (Å²) in [5.41, 5.74) is 4.67. The van der Waals surface area contributed by atoms with E-state index in [-0.39, 0.29) is 11.8 Å². The summed E-state index contributed by atoms with van der Waals surface area (Å²) >= 11 is 0. The van der Waals surface area contributed by atoms with Crippen LogP contribution in [0.15, 0.2) is 60.8 Å². The van der Waals surface area contributed by atoms with Gasteiger partial charge in [-0.3, -0.25) is 4.79 Å². The van der Waals surface area contributed by atoms with Gasteiger partial charge in [0.1, 0.15) is 0 Å². The van der Waals surface area contributed by atoms with Crippen LogP contribution in [0.5, 0.6) is 0 Å². The first-order valence-corrected chi connectivity index (χ1v) is 7.17. The Kier molecular flexibility index (Phi) is 2.61. The molecule has 2 aromatic rings. The lowest BCUT2D eigenvalue weighted by atomic mass is 9.96. The number of carbonyl (C=O) groups is 1. The normalized spacial score (nSPS) is 19.7. The van der Waals surface area contributed by atoms with Crippen molar-refractivity contribution in [1.29, 1.82) is 0 Å². The van der Waals surface area contributed by atoms with Crippen molar-refractivity contribution < 1.29 is 4.79 Å². The van der Waals surface area contributed by atoms with Crippen molar-refractivity contribution in [3.05, 3.63) is 66.4 Å². The summed E-state index contributed by atoms with van der Waals surface area (Å²) in [7, 11) is 2.08. The molecule has 0 aromatic heterocycles. The van der Waals surface area contributed by atoms with Crippen LogP contribution in [-0.4, -0.2) is 12.8 Å². The molecule has 0 spiro atoms. The monoisotopic (exact) mass is 276 g/mol. The van der Waals surface area contributed by atoms with Gasteiger partial charge in [-0.2, -0.15) is 0 Å². The van der Waals surface area contributed by atoms with Crippen molar-refractivity contribution in [2.24, 2.45) is 0 Å². The van der Waals surface area contributed by atoms with E-state index in [1.54, 1.807) is 6.08 Å². The van der Waals surface area contributed by atoms with E-state index in [1.807, 2.05) is 24.4 Å². The van der Waals surface area contributed by atoms with Gasteiger partial charge in [0.15, 0.2) is 5.78 Å². The third-order valence-electron chi connectivity index (χ3n) is 4.33. The van der Waals surface area contributed by atoms with Crippen LogP contribution in [0.4, 0.5) is 17.1 Å². The molecule has 2 aliphatic rings. The Morgan fingerprint density at radius 3 is 2.43 bits per heavy atom. The van der Waals surface area contributed by atoms with E-state index >= 15 is 0 Å². The number of hydrogen-bond donors (Lipinski definition) is 0. The Morgan fingerprint density at radius 2 is 1.62 bits per heavy atom. The molecular weight excluding hydrogens is 260 g/mol. The number of carbonyl (C=O) groups excluding carboxylic acids is 1. The van der Waals surface area contributed by atoms with E-state index < -0.39 is 0 Å². The Morgan fingerprint density at radius 1 is 0.952 bits per heavy atom. The highest BCUT2D eigenvalue weighted by atomic mass is 16.1. The number of nitrogens with zero attached hydrogens (tertiary/aromatic N) is 2. The number of para-hydroxylation sites is 3. The van der Waals surface area contributed by atoms with Crippen LogP contribution in [0.25, 0.3) is 0 Å². The van der Waals surface area contributed by atoms with Crippen molar-refractivity contribution in [2.45, 2.75) is 12.5 Å². The standard InChI is InChI=1S/C18H16N2O/c1-19-15-7-3-2-6-14(15)18-12-13(21)10-11-20(18)17-9-5-4-8-16(17)19/h2-11,18H,12H2,1H3. The molecule has 2 aliphatic heterocycles. The molecule has 0 amide bonds. The molecule has 2 aromatic carbocycles. The molecule has 3 heteroatoms. The second kappa shape index (κ2) is 4.48. The first-order valence-electron chi connectivity index (χ1n) is 7.17. The van der Waals surface area contributed by atoms with Gasteiger partial charge in [0, 0.05) is 25.4 Å². The largest absolute Gasteiger partial charge is 0.343 e. The molecule has 1 atom stereocenters. The predicted molar refractivity (Wildman–Crippen MR) is 84.9 cm³/mol. The van der Waals surface area contributed by atoms with Crippen LogP contribution in [0.1, 0.15) is 18.0 Å². The zero-order chi connectivity index (χ0) is 14.4. The molecule has 104 valence electrons. The minimum atomic E-state index is 0.0739. The Bertz CT molecular complexity index is 750. The minimum Gasteiger partial charge on any atom is -0.343 e. The fourth-order valence-corrected chi connectivity index (χ4v) is 3.30. The lowest BCUT2D eigenvalue weighted by Crippen LogP contribution is -2.28. The van der Waals surface area contributed by atoms with E-state index in [2.05, 4.69) is 47.2 Å². The Labute approximate surface area is 124 Å². The Hall–Kier alpha value is -2.55. The Balaban J connectivity index is 2.02. The number of ketones is 1. The lowest BCUT2D eigenvalue weighted by Gasteiger charge is -2.32. The smallest absolute Gasteiger partial charge is 0.159 e. The molecule has 0 aliphatic carbocycles. The van der Waals surface area contributed by atoms with Gasteiger partial charge in [-0.25, -0.2) is 0 Å². The van der Waals surface area contributed by atoms with Gasteiger partial charge < -0.3 is 9.80 Å². The van der Waals surface area contributed by atoms with Crippen LogP contribution in [0.3, 0.4) is 0 Å². The molecule has 0 saturated carbocycles. The second-order valence-corrected chi connectivity index (χ2v) is 5.52. The minimum absolute atomic E-state index is 0.0739. The molecule has 2 heterocycles. The van der Waals surface area contributed by atoms with E-state index in [9.17, 15) is 4.79 Å². The molecular formula is C18H16N2O. The fourth-order valence-electron chi connectivity index (χ4n) is 3.30. The summed E-state index contributed by atoms with van der Waals surface area (Å²) in [5.74, 6) is 0.188. The molecule has 21 heavy (non-hydrogen) atoms. The summed E-state index contributed by atoms with van der Waals surface area (Å²) in [6, 6.07) is 16.8. The zero-order valence-electron chi connectivity index (χ0n) is 11.9. The van der Waals surface area contributed by atoms with Crippen molar-refractivity contribution in [3.63, 3.8) is 0 Å². The van der Waals surface area contributed by atoms with Crippen molar-refractivity contribution in [2.75, 3.05) is 16.8 Å². The number of anilines is 3. The quantitative estimate of drug-likeness (QED) is 0.731. The van der Waals surface area contributed by atoms with Gasteiger partial charge >= 0.3 is 0 Å². The lowest BCUT2D eigenvalue weighted by molar-refractivity contribution is -0.115. The third-order valence-corrected chi connectivity index (χ3v) is 4.33. The van der Waals surface area contributed by atoms with Crippen molar-refractivity contribution in [3.8, 4) is 0 Å². The molecule has 0 saturated heterocycles. The fraction of sp³-hybridized carbons (Fsp3) is 0.167. The van der Waals surface area contributed by atoms with E-state index in [1.165, 1.54) is 11.3 Å².